The van der Waals surface area contributed by atoms with Crippen molar-refractivity contribution in [1.82, 2.24) is 9.61 Å². The fourth-order valence-electron chi connectivity index (χ4n) is 2.07. The molecule has 0 aliphatic heterocycles. The maximum Gasteiger partial charge on any atom is 0.252 e. The maximum absolute atomic E-state index is 11.3. The van der Waals surface area contributed by atoms with Gasteiger partial charge in [-0.1, -0.05) is 23.7 Å². The molecule has 6 heteroatoms. The molecule has 0 saturated heterocycles. The normalized spacial score (nSPS) is 10.8. The van der Waals surface area contributed by atoms with Crippen LogP contribution < -0.4 is 11.5 Å². The van der Waals surface area contributed by atoms with Crippen LogP contribution in [0.2, 0.25) is 5.02 Å². The van der Waals surface area contributed by atoms with E-state index in [1.165, 1.54) is 6.20 Å². The second kappa shape index (κ2) is 4.54. The Balaban J connectivity index is 2.18. The molecule has 1 amide bonds. The van der Waals surface area contributed by atoms with Crippen molar-refractivity contribution < 1.29 is 4.79 Å². The number of primary amides is 1. The van der Waals surface area contributed by atoms with Gasteiger partial charge in [0.1, 0.15) is 0 Å². The van der Waals surface area contributed by atoms with Gasteiger partial charge in [0, 0.05) is 16.8 Å². The standard InChI is InChI=1S/C14H11ClN4O/c15-10-3-1-8(2-4-10)9-5-12-13(16)11(14(17)20)6-18-19(12)7-9/h1-7H,16H2,(H2,17,20). The summed E-state index contributed by atoms with van der Waals surface area (Å²) < 4.78 is 1.62. The Bertz CT molecular complexity index is 808. The topological polar surface area (TPSA) is 86.4 Å². The average molecular weight is 287 g/mol. The predicted molar refractivity (Wildman–Crippen MR) is 78.6 cm³/mol. The van der Waals surface area contributed by atoms with E-state index in [1.54, 1.807) is 4.52 Å². The van der Waals surface area contributed by atoms with Crippen molar-refractivity contribution in [3.05, 3.63) is 53.3 Å². The van der Waals surface area contributed by atoms with Gasteiger partial charge in [-0.05, 0) is 23.8 Å². The van der Waals surface area contributed by atoms with E-state index in [1.807, 2.05) is 36.5 Å². The van der Waals surface area contributed by atoms with Crippen LogP contribution in [0.3, 0.4) is 0 Å². The van der Waals surface area contributed by atoms with Crippen molar-refractivity contribution in [1.29, 1.82) is 0 Å². The molecule has 3 aromatic rings. The van der Waals surface area contributed by atoms with E-state index in [-0.39, 0.29) is 5.56 Å². The van der Waals surface area contributed by atoms with Crippen molar-refractivity contribution in [2.75, 3.05) is 5.73 Å². The van der Waals surface area contributed by atoms with E-state index in [4.69, 9.17) is 23.1 Å². The lowest BCUT2D eigenvalue weighted by Crippen LogP contribution is -2.15. The number of anilines is 1. The van der Waals surface area contributed by atoms with Gasteiger partial charge in [0.15, 0.2) is 0 Å². The van der Waals surface area contributed by atoms with Crippen LogP contribution in [-0.2, 0) is 0 Å². The van der Waals surface area contributed by atoms with Gasteiger partial charge in [0.05, 0.1) is 23.0 Å². The molecular weight excluding hydrogens is 276 g/mol. The summed E-state index contributed by atoms with van der Waals surface area (Å²) >= 11 is 5.87. The number of carbonyl (C=O) groups is 1. The summed E-state index contributed by atoms with van der Waals surface area (Å²) in [6.45, 7) is 0. The minimum Gasteiger partial charge on any atom is -0.396 e. The van der Waals surface area contributed by atoms with Crippen molar-refractivity contribution in [3.8, 4) is 11.1 Å². The number of carbonyl (C=O) groups excluding carboxylic acids is 1. The minimum absolute atomic E-state index is 0.221. The summed E-state index contributed by atoms with van der Waals surface area (Å²) in [7, 11) is 0. The molecule has 4 N–H and O–H groups in total. The number of nitrogens with zero attached hydrogens (tertiary/aromatic N) is 2. The summed E-state index contributed by atoms with van der Waals surface area (Å²) in [6.07, 6.45) is 3.20. The van der Waals surface area contributed by atoms with E-state index in [2.05, 4.69) is 5.10 Å². The number of halogens is 1. The van der Waals surface area contributed by atoms with Crippen LogP contribution in [0.1, 0.15) is 10.4 Å². The zero-order chi connectivity index (χ0) is 14.3. The third-order valence-electron chi connectivity index (χ3n) is 3.12. The highest BCUT2D eigenvalue weighted by molar-refractivity contribution is 6.30. The lowest BCUT2D eigenvalue weighted by molar-refractivity contribution is 0.100. The van der Waals surface area contributed by atoms with Gasteiger partial charge >= 0.3 is 0 Å². The second-order valence-corrected chi connectivity index (χ2v) is 4.84. The molecule has 5 nitrogen and oxygen atoms in total. The Labute approximate surface area is 119 Å². The highest BCUT2D eigenvalue weighted by Gasteiger charge is 2.12. The zero-order valence-corrected chi connectivity index (χ0v) is 11.1. The number of fused-ring (bicyclic) bond motifs is 1. The predicted octanol–water partition coefficient (Wildman–Crippen LogP) is 2.34. The number of hydrogen-bond donors (Lipinski definition) is 2. The molecule has 100 valence electrons. The highest BCUT2D eigenvalue weighted by Crippen LogP contribution is 2.27. The molecule has 0 fully saturated rings. The van der Waals surface area contributed by atoms with Crippen molar-refractivity contribution in [2.45, 2.75) is 0 Å². The number of nitrogen functional groups attached to an aromatic ring is 1. The molecule has 1 aromatic carbocycles. The molecule has 20 heavy (non-hydrogen) atoms. The number of rotatable bonds is 2. The van der Waals surface area contributed by atoms with Crippen LogP contribution in [0, 0.1) is 0 Å². The Morgan fingerprint density at radius 1 is 1.20 bits per heavy atom. The van der Waals surface area contributed by atoms with Crippen molar-refractivity contribution in [3.63, 3.8) is 0 Å². The Kier molecular flexibility index (Phi) is 2.84. The number of hydrogen-bond acceptors (Lipinski definition) is 3. The van der Waals surface area contributed by atoms with Crippen LogP contribution in [0.5, 0.6) is 0 Å². The van der Waals surface area contributed by atoms with Gasteiger partial charge in [0.25, 0.3) is 5.91 Å². The molecule has 0 radical (unpaired) electrons. The fourth-order valence-corrected chi connectivity index (χ4v) is 2.20. The maximum atomic E-state index is 11.3. The summed E-state index contributed by atoms with van der Waals surface area (Å²) in [5, 5.41) is 4.81. The number of aromatic nitrogens is 2. The van der Waals surface area contributed by atoms with Gasteiger partial charge in [-0.15, -0.1) is 0 Å². The lowest BCUT2D eigenvalue weighted by Gasteiger charge is -2.02. The van der Waals surface area contributed by atoms with Gasteiger partial charge < -0.3 is 11.5 Å². The van der Waals surface area contributed by atoms with Gasteiger partial charge in [-0.2, -0.15) is 5.10 Å². The molecule has 3 rings (SSSR count). The Hall–Kier alpha value is -2.53. The van der Waals surface area contributed by atoms with E-state index in [9.17, 15) is 4.79 Å². The summed E-state index contributed by atoms with van der Waals surface area (Å²) in [5.41, 5.74) is 14.3. The third-order valence-corrected chi connectivity index (χ3v) is 3.37. The Morgan fingerprint density at radius 3 is 2.55 bits per heavy atom. The third kappa shape index (κ3) is 1.98. The van der Waals surface area contributed by atoms with Crippen LogP contribution >= 0.6 is 11.6 Å². The van der Waals surface area contributed by atoms with Gasteiger partial charge in [-0.3, -0.25) is 4.79 Å². The van der Waals surface area contributed by atoms with Crippen LogP contribution in [-0.4, -0.2) is 15.5 Å². The van der Waals surface area contributed by atoms with Gasteiger partial charge in [0.2, 0.25) is 0 Å². The smallest absolute Gasteiger partial charge is 0.252 e. The highest BCUT2D eigenvalue weighted by atomic mass is 35.5. The number of benzene rings is 1. The molecule has 0 unspecified atom stereocenters. The van der Waals surface area contributed by atoms with E-state index in [0.717, 1.165) is 11.1 Å². The summed E-state index contributed by atoms with van der Waals surface area (Å²) in [5.74, 6) is -0.591. The van der Waals surface area contributed by atoms with E-state index in [0.29, 0.717) is 16.2 Å². The molecule has 0 spiro atoms. The average Bonchev–Trinajstić information content (AvgIpc) is 2.84. The molecular formula is C14H11ClN4O. The summed E-state index contributed by atoms with van der Waals surface area (Å²) in [6, 6.07) is 9.29. The van der Waals surface area contributed by atoms with E-state index < -0.39 is 5.91 Å². The zero-order valence-electron chi connectivity index (χ0n) is 10.4. The molecule has 2 heterocycles. The van der Waals surface area contributed by atoms with Gasteiger partial charge in [-0.25, -0.2) is 4.52 Å². The van der Waals surface area contributed by atoms with Crippen LogP contribution in [0.4, 0.5) is 5.69 Å². The first kappa shape index (κ1) is 12.5. The minimum atomic E-state index is -0.591. The van der Waals surface area contributed by atoms with Crippen LogP contribution in [0.25, 0.3) is 16.6 Å². The first-order valence-electron chi connectivity index (χ1n) is 5.89. The fraction of sp³-hybridized carbons (Fsp3) is 0. The monoisotopic (exact) mass is 286 g/mol. The molecule has 0 atom stereocenters. The largest absolute Gasteiger partial charge is 0.396 e. The molecule has 0 aliphatic rings. The molecule has 0 saturated carbocycles. The first-order chi connectivity index (χ1) is 9.56. The second-order valence-electron chi connectivity index (χ2n) is 4.40. The quantitative estimate of drug-likeness (QED) is 0.758. The van der Waals surface area contributed by atoms with Crippen LogP contribution in [0.15, 0.2) is 42.7 Å². The first-order valence-corrected chi connectivity index (χ1v) is 6.26. The van der Waals surface area contributed by atoms with Crippen molar-refractivity contribution in [2.24, 2.45) is 5.73 Å². The lowest BCUT2D eigenvalue weighted by atomic mass is 10.1. The molecule has 0 aliphatic carbocycles. The Morgan fingerprint density at radius 2 is 1.90 bits per heavy atom. The molecule has 2 aromatic heterocycles. The van der Waals surface area contributed by atoms with Crippen molar-refractivity contribution >= 4 is 28.7 Å². The number of amides is 1. The SMILES string of the molecule is NC(=O)c1cnn2cc(-c3ccc(Cl)cc3)cc2c1N. The number of nitrogens with two attached hydrogens (primary N) is 2. The molecule has 0 bridgehead atoms. The van der Waals surface area contributed by atoms with E-state index >= 15 is 0 Å². The summed E-state index contributed by atoms with van der Waals surface area (Å²) in [4.78, 5) is 11.3.